The Morgan fingerprint density at radius 3 is 2.85 bits per heavy atom. The molecule has 1 fully saturated rings. The molecular formula is C17H27FN2. The zero-order chi connectivity index (χ0) is 14.4. The summed E-state index contributed by atoms with van der Waals surface area (Å²) in [5, 5.41) is 3.63. The van der Waals surface area contributed by atoms with Crippen LogP contribution in [0.25, 0.3) is 0 Å². The van der Waals surface area contributed by atoms with Gasteiger partial charge >= 0.3 is 0 Å². The third kappa shape index (κ3) is 4.57. The number of hydrogen-bond acceptors (Lipinski definition) is 2. The van der Waals surface area contributed by atoms with Crippen LogP contribution in [0.2, 0.25) is 0 Å². The maximum absolute atomic E-state index is 13.2. The Bertz CT molecular complexity index is 406. The molecule has 0 aromatic heterocycles. The summed E-state index contributed by atoms with van der Waals surface area (Å²) in [4.78, 5) is 2.33. The molecule has 2 unspecified atom stereocenters. The fourth-order valence-electron chi connectivity index (χ4n) is 3.37. The molecule has 1 aromatic rings. The van der Waals surface area contributed by atoms with E-state index < -0.39 is 0 Å². The summed E-state index contributed by atoms with van der Waals surface area (Å²) < 4.78 is 13.2. The highest BCUT2D eigenvalue weighted by atomic mass is 19.1. The molecule has 1 aliphatic rings. The van der Waals surface area contributed by atoms with Gasteiger partial charge in [-0.05, 0) is 50.0 Å². The molecular weight excluding hydrogens is 251 g/mol. The second kappa shape index (κ2) is 7.75. The molecule has 2 rings (SSSR count). The van der Waals surface area contributed by atoms with Crippen molar-refractivity contribution in [1.82, 2.24) is 10.2 Å². The van der Waals surface area contributed by atoms with Crippen molar-refractivity contribution in [3.63, 3.8) is 0 Å². The van der Waals surface area contributed by atoms with Crippen LogP contribution in [0.15, 0.2) is 24.3 Å². The van der Waals surface area contributed by atoms with Gasteiger partial charge in [0.15, 0.2) is 0 Å². The number of rotatable bonds is 6. The van der Waals surface area contributed by atoms with Crippen LogP contribution in [0.5, 0.6) is 0 Å². The van der Waals surface area contributed by atoms with E-state index in [9.17, 15) is 4.39 Å². The van der Waals surface area contributed by atoms with Gasteiger partial charge in [-0.3, -0.25) is 0 Å². The molecule has 0 aliphatic heterocycles. The Labute approximate surface area is 122 Å². The van der Waals surface area contributed by atoms with E-state index >= 15 is 0 Å². The number of nitrogens with one attached hydrogen (secondary N) is 1. The average Bonchev–Trinajstić information content (AvgIpc) is 2.41. The first-order valence-corrected chi connectivity index (χ1v) is 7.85. The van der Waals surface area contributed by atoms with Crippen LogP contribution in [0.3, 0.4) is 0 Å². The van der Waals surface area contributed by atoms with Gasteiger partial charge in [0.2, 0.25) is 0 Å². The maximum atomic E-state index is 13.2. The van der Waals surface area contributed by atoms with Crippen molar-refractivity contribution in [1.29, 1.82) is 0 Å². The number of hydrogen-bond donors (Lipinski definition) is 1. The summed E-state index contributed by atoms with van der Waals surface area (Å²) in [6.45, 7) is 5.15. The molecule has 3 heteroatoms. The van der Waals surface area contributed by atoms with E-state index in [1.807, 2.05) is 6.07 Å². The second-order valence-electron chi connectivity index (χ2n) is 6.04. The third-order valence-electron chi connectivity index (χ3n) is 4.26. The van der Waals surface area contributed by atoms with E-state index in [0.717, 1.165) is 31.1 Å². The molecule has 0 heterocycles. The molecule has 1 N–H and O–H groups in total. The lowest BCUT2D eigenvalue weighted by molar-refractivity contribution is 0.186. The smallest absolute Gasteiger partial charge is 0.123 e. The fraction of sp³-hybridized carbons (Fsp3) is 0.647. The summed E-state index contributed by atoms with van der Waals surface area (Å²) in [6, 6.07) is 7.59. The second-order valence-corrected chi connectivity index (χ2v) is 6.04. The predicted octanol–water partition coefficient (Wildman–Crippen LogP) is 3.43. The van der Waals surface area contributed by atoms with Gasteiger partial charge in [0.05, 0.1) is 0 Å². The standard InChI is InChI=1S/C17H27FN2/c1-3-19-17-10-5-4-8-15(17)13-20(2)12-14-7-6-9-16(18)11-14/h6-7,9,11,15,17,19H,3-5,8,10,12-13H2,1-2H3. The van der Waals surface area contributed by atoms with Crippen molar-refractivity contribution in [2.45, 2.75) is 45.2 Å². The molecule has 20 heavy (non-hydrogen) atoms. The molecule has 0 amide bonds. The highest BCUT2D eigenvalue weighted by Crippen LogP contribution is 2.25. The molecule has 0 spiro atoms. The minimum Gasteiger partial charge on any atom is -0.314 e. The van der Waals surface area contributed by atoms with E-state index in [4.69, 9.17) is 0 Å². The lowest BCUT2D eigenvalue weighted by atomic mass is 9.84. The van der Waals surface area contributed by atoms with E-state index in [1.165, 1.54) is 31.7 Å². The third-order valence-corrected chi connectivity index (χ3v) is 4.26. The minimum absolute atomic E-state index is 0.140. The molecule has 0 radical (unpaired) electrons. The Morgan fingerprint density at radius 2 is 2.10 bits per heavy atom. The Kier molecular flexibility index (Phi) is 5.99. The van der Waals surface area contributed by atoms with Crippen molar-refractivity contribution in [3.05, 3.63) is 35.6 Å². The Hall–Kier alpha value is -0.930. The van der Waals surface area contributed by atoms with Gasteiger partial charge in [-0.1, -0.05) is 31.9 Å². The first kappa shape index (κ1) is 15.5. The molecule has 0 bridgehead atoms. The van der Waals surface area contributed by atoms with Gasteiger partial charge in [-0.15, -0.1) is 0 Å². The first-order valence-electron chi connectivity index (χ1n) is 7.85. The van der Waals surface area contributed by atoms with Gasteiger partial charge in [0.25, 0.3) is 0 Å². The van der Waals surface area contributed by atoms with Crippen molar-refractivity contribution in [2.75, 3.05) is 20.1 Å². The van der Waals surface area contributed by atoms with Crippen LogP contribution in [0, 0.1) is 11.7 Å². The van der Waals surface area contributed by atoms with Crippen molar-refractivity contribution < 1.29 is 4.39 Å². The zero-order valence-electron chi connectivity index (χ0n) is 12.7. The Balaban J connectivity index is 1.87. The van der Waals surface area contributed by atoms with E-state index in [-0.39, 0.29) is 5.82 Å². The maximum Gasteiger partial charge on any atom is 0.123 e. The molecule has 1 aliphatic carbocycles. The number of benzene rings is 1. The summed E-state index contributed by atoms with van der Waals surface area (Å²) >= 11 is 0. The van der Waals surface area contributed by atoms with E-state index in [2.05, 4.69) is 24.2 Å². The predicted molar refractivity (Wildman–Crippen MR) is 82.2 cm³/mol. The summed E-state index contributed by atoms with van der Waals surface area (Å²) in [5.41, 5.74) is 1.06. The van der Waals surface area contributed by atoms with Crippen molar-refractivity contribution in [3.8, 4) is 0 Å². The molecule has 1 aromatic carbocycles. The van der Waals surface area contributed by atoms with Crippen LogP contribution in [0.1, 0.15) is 38.2 Å². The molecule has 1 saturated carbocycles. The lowest BCUT2D eigenvalue weighted by Gasteiger charge is -2.35. The van der Waals surface area contributed by atoms with Gasteiger partial charge in [-0.2, -0.15) is 0 Å². The van der Waals surface area contributed by atoms with Gasteiger partial charge < -0.3 is 10.2 Å². The van der Waals surface area contributed by atoms with Crippen molar-refractivity contribution >= 4 is 0 Å². The van der Waals surface area contributed by atoms with Crippen molar-refractivity contribution in [2.24, 2.45) is 5.92 Å². The normalized spacial score (nSPS) is 23.2. The average molecular weight is 278 g/mol. The number of nitrogens with zero attached hydrogens (tertiary/aromatic N) is 1. The Morgan fingerprint density at radius 1 is 1.30 bits per heavy atom. The number of halogens is 1. The van der Waals surface area contributed by atoms with E-state index in [0.29, 0.717) is 6.04 Å². The van der Waals surface area contributed by atoms with Crippen LogP contribution < -0.4 is 5.32 Å². The van der Waals surface area contributed by atoms with Gasteiger partial charge in [-0.25, -0.2) is 4.39 Å². The van der Waals surface area contributed by atoms with Gasteiger partial charge in [0, 0.05) is 19.1 Å². The highest BCUT2D eigenvalue weighted by molar-refractivity contribution is 5.16. The lowest BCUT2D eigenvalue weighted by Crippen LogP contribution is -2.43. The first-order chi connectivity index (χ1) is 9.69. The summed E-state index contributed by atoms with van der Waals surface area (Å²) in [5.74, 6) is 0.585. The zero-order valence-corrected chi connectivity index (χ0v) is 12.7. The quantitative estimate of drug-likeness (QED) is 0.857. The van der Waals surface area contributed by atoms with Crippen LogP contribution in [0.4, 0.5) is 4.39 Å². The fourth-order valence-corrected chi connectivity index (χ4v) is 3.37. The monoisotopic (exact) mass is 278 g/mol. The molecule has 2 atom stereocenters. The van der Waals surface area contributed by atoms with Crippen LogP contribution >= 0.6 is 0 Å². The van der Waals surface area contributed by atoms with E-state index in [1.54, 1.807) is 12.1 Å². The largest absolute Gasteiger partial charge is 0.314 e. The molecule has 0 saturated heterocycles. The SMILES string of the molecule is CCNC1CCCCC1CN(C)Cc1cccc(F)c1. The van der Waals surface area contributed by atoms with Gasteiger partial charge in [0.1, 0.15) is 5.82 Å². The molecule has 2 nitrogen and oxygen atoms in total. The van der Waals surface area contributed by atoms with Crippen LogP contribution in [-0.4, -0.2) is 31.1 Å². The molecule has 112 valence electrons. The highest BCUT2D eigenvalue weighted by Gasteiger charge is 2.25. The summed E-state index contributed by atoms with van der Waals surface area (Å²) in [6.07, 6.45) is 5.31. The summed E-state index contributed by atoms with van der Waals surface area (Å²) in [7, 11) is 2.14. The van der Waals surface area contributed by atoms with Crippen LogP contribution in [-0.2, 0) is 6.54 Å². The minimum atomic E-state index is -0.140. The topological polar surface area (TPSA) is 15.3 Å².